The first kappa shape index (κ1) is 18.7. The Labute approximate surface area is 160 Å². The number of nitrogens with two attached hydrogens (primary N) is 1. The number of amides is 1. The van der Waals surface area contributed by atoms with E-state index < -0.39 is 5.91 Å². The van der Waals surface area contributed by atoms with Gasteiger partial charge in [0.25, 0.3) is 0 Å². The molecule has 3 aromatic rings. The lowest BCUT2D eigenvalue weighted by atomic mass is 9.99. The van der Waals surface area contributed by atoms with Gasteiger partial charge >= 0.3 is 0 Å². The normalized spacial score (nSPS) is 10.6. The largest absolute Gasteiger partial charge is 0.494 e. The molecule has 0 atom stereocenters. The Morgan fingerprint density at radius 3 is 1.63 bits per heavy atom. The maximum atomic E-state index is 11.2. The highest BCUT2D eigenvalue weighted by Crippen LogP contribution is 2.26. The Morgan fingerprint density at radius 2 is 1.19 bits per heavy atom. The predicted octanol–water partition coefficient (Wildman–Crippen LogP) is 5.69. The molecule has 0 aliphatic rings. The van der Waals surface area contributed by atoms with Gasteiger partial charge in [-0.05, 0) is 52.9 Å². The van der Waals surface area contributed by atoms with Gasteiger partial charge in [-0.3, -0.25) is 4.79 Å². The number of unbranched alkanes of at least 4 members (excludes halogenated alkanes) is 2. The van der Waals surface area contributed by atoms with E-state index in [0.29, 0.717) is 5.56 Å². The molecular weight excluding hydrogens is 334 g/mol. The maximum Gasteiger partial charge on any atom is 0.248 e. The van der Waals surface area contributed by atoms with Gasteiger partial charge in [-0.1, -0.05) is 68.3 Å². The fourth-order valence-electron chi connectivity index (χ4n) is 2.97. The Morgan fingerprint density at radius 1 is 0.741 bits per heavy atom. The standard InChI is InChI=1S/C24H25NO2/c1-2-3-4-17-27-23-15-13-21(14-16-23)19-7-5-18(6-8-19)20-9-11-22(12-10-20)24(25)26/h5-16H,2-4,17H2,1H3,(H2,25,26). The van der Waals surface area contributed by atoms with E-state index in [1.54, 1.807) is 12.1 Å². The summed E-state index contributed by atoms with van der Waals surface area (Å²) in [7, 11) is 0. The molecule has 0 saturated heterocycles. The Bertz CT molecular complexity index is 866. The van der Waals surface area contributed by atoms with Crippen molar-refractivity contribution >= 4 is 5.91 Å². The minimum absolute atomic E-state index is 0.408. The first-order valence-corrected chi connectivity index (χ1v) is 9.41. The van der Waals surface area contributed by atoms with E-state index in [1.807, 2.05) is 24.3 Å². The smallest absolute Gasteiger partial charge is 0.248 e. The molecular formula is C24H25NO2. The van der Waals surface area contributed by atoms with Gasteiger partial charge in [0.05, 0.1) is 6.61 Å². The highest BCUT2D eigenvalue weighted by Gasteiger charge is 2.03. The van der Waals surface area contributed by atoms with E-state index in [0.717, 1.165) is 41.0 Å². The molecule has 3 nitrogen and oxygen atoms in total. The van der Waals surface area contributed by atoms with Gasteiger partial charge in [0.15, 0.2) is 0 Å². The number of rotatable bonds is 8. The molecule has 0 saturated carbocycles. The molecule has 0 radical (unpaired) electrons. The summed E-state index contributed by atoms with van der Waals surface area (Å²) in [5.74, 6) is 0.510. The van der Waals surface area contributed by atoms with E-state index in [4.69, 9.17) is 10.5 Å². The molecule has 0 aliphatic heterocycles. The van der Waals surface area contributed by atoms with Crippen LogP contribution in [0.1, 0.15) is 36.5 Å². The highest BCUT2D eigenvalue weighted by atomic mass is 16.5. The van der Waals surface area contributed by atoms with Crippen LogP contribution < -0.4 is 10.5 Å². The van der Waals surface area contributed by atoms with Crippen molar-refractivity contribution in [3.05, 3.63) is 78.4 Å². The molecule has 0 aromatic heterocycles. The summed E-state index contributed by atoms with van der Waals surface area (Å²) >= 11 is 0. The topological polar surface area (TPSA) is 52.3 Å². The molecule has 138 valence electrons. The van der Waals surface area contributed by atoms with Crippen LogP contribution in [0.2, 0.25) is 0 Å². The zero-order chi connectivity index (χ0) is 19.1. The second-order valence-corrected chi connectivity index (χ2v) is 6.60. The number of benzene rings is 3. The van der Waals surface area contributed by atoms with Crippen LogP contribution in [-0.2, 0) is 0 Å². The highest BCUT2D eigenvalue weighted by molar-refractivity contribution is 5.93. The van der Waals surface area contributed by atoms with Gasteiger partial charge in [-0.15, -0.1) is 0 Å². The minimum atomic E-state index is -0.408. The fourth-order valence-corrected chi connectivity index (χ4v) is 2.97. The first-order valence-electron chi connectivity index (χ1n) is 9.41. The van der Waals surface area contributed by atoms with Crippen LogP contribution in [0.4, 0.5) is 0 Å². The molecule has 3 aromatic carbocycles. The zero-order valence-electron chi connectivity index (χ0n) is 15.7. The molecule has 27 heavy (non-hydrogen) atoms. The summed E-state index contributed by atoms with van der Waals surface area (Å²) < 4.78 is 5.77. The van der Waals surface area contributed by atoms with Gasteiger partial charge in [-0.25, -0.2) is 0 Å². The monoisotopic (exact) mass is 359 g/mol. The third-order valence-electron chi connectivity index (χ3n) is 4.59. The van der Waals surface area contributed by atoms with Crippen molar-refractivity contribution in [2.45, 2.75) is 26.2 Å². The van der Waals surface area contributed by atoms with Crippen molar-refractivity contribution in [1.29, 1.82) is 0 Å². The van der Waals surface area contributed by atoms with Crippen molar-refractivity contribution in [1.82, 2.24) is 0 Å². The van der Waals surface area contributed by atoms with Gasteiger partial charge in [0, 0.05) is 5.56 Å². The van der Waals surface area contributed by atoms with E-state index in [2.05, 4.69) is 43.3 Å². The summed E-state index contributed by atoms with van der Waals surface area (Å²) in [6.45, 7) is 2.96. The lowest BCUT2D eigenvalue weighted by molar-refractivity contribution is 0.100. The number of hydrogen-bond acceptors (Lipinski definition) is 2. The van der Waals surface area contributed by atoms with E-state index in [1.165, 1.54) is 12.8 Å². The summed E-state index contributed by atoms with van der Waals surface area (Å²) in [6.07, 6.45) is 3.50. The number of primary amides is 1. The van der Waals surface area contributed by atoms with Gasteiger partial charge in [0.1, 0.15) is 5.75 Å². The third-order valence-corrected chi connectivity index (χ3v) is 4.59. The Balaban J connectivity index is 1.67. The lowest BCUT2D eigenvalue weighted by Gasteiger charge is -2.08. The van der Waals surface area contributed by atoms with Crippen LogP contribution in [0, 0.1) is 0 Å². The number of ether oxygens (including phenoxy) is 1. The first-order chi connectivity index (χ1) is 13.2. The molecule has 0 spiro atoms. The van der Waals surface area contributed by atoms with Crippen LogP contribution in [0.5, 0.6) is 5.75 Å². The second kappa shape index (κ2) is 9.04. The average molecular weight is 359 g/mol. The second-order valence-electron chi connectivity index (χ2n) is 6.60. The fraction of sp³-hybridized carbons (Fsp3) is 0.208. The molecule has 3 heteroatoms. The predicted molar refractivity (Wildman–Crippen MR) is 111 cm³/mol. The number of hydrogen-bond donors (Lipinski definition) is 1. The molecule has 2 N–H and O–H groups in total. The Kier molecular flexibility index (Phi) is 6.26. The minimum Gasteiger partial charge on any atom is -0.494 e. The summed E-state index contributed by atoms with van der Waals surface area (Å²) in [5, 5.41) is 0. The van der Waals surface area contributed by atoms with E-state index in [-0.39, 0.29) is 0 Å². The van der Waals surface area contributed by atoms with Crippen LogP contribution in [0.25, 0.3) is 22.3 Å². The maximum absolute atomic E-state index is 11.2. The van der Waals surface area contributed by atoms with Gasteiger partial charge in [0.2, 0.25) is 5.91 Å². The van der Waals surface area contributed by atoms with Crippen molar-refractivity contribution in [2.24, 2.45) is 5.73 Å². The van der Waals surface area contributed by atoms with E-state index >= 15 is 0 Å². The molecule has 0 heterocycles. The van der Waals surface area contributed by atoms with Crippen molar-refractivity contribution < 1.29 is 9.53 Å². The summed E-state index contributed by atoms with van der Waals surface area (Å²) in [4.78, 5) is 11.2. The molecule has 0 aliphatic carbocycles. The summed E-state index contributed by atoms with van der Waals surface area (Å²) in [5.41, 5.74) is 10.3. The van der Waals surface area contributed by atoms with Crippen LogP contribution in [-0.4, -0.2) is 12.5 Å². The van der Waals surface area contributed by atoms with Crippen LogP contribution in [0.15, 0.2) is 72.8 Å². The zero-order valence-corrected chi connectivity index (χ0v) is 15.7. The van der Waals surface area contributed by atoms with Crippen molar-refractivity contribution in [3.63, 3.8) is 0 Å². The van der Waals surface area contributed by atoms with Crippen molar-refractivity contribution in [3.8, 4) is 28.0 Å². The SMILES string of the molecule is CCCCCOc1ccc(-c2ccc(-c3ccc(C(N)=O)cc3)cc2)cc1. The lowest BCUT2D eigenvalue weighted by Crippen LogP contribution is -2.10. The van der Waals surface area contributed by atoms with Crippen molar-refractivity contribution in [2.75, 3.05) is 6.61 Å². The third kappa shape index (κ3) is 4.98. The quantitative estimate of drug-likeness (QED) is 0.525. The average Bonchev–Trinajstić information content (AvgIpc) is 2.72. The number of carbonyl (C=O) groups is 1. The van der Waals surface area contributed by atoms with Crippen LogP contribution >= 0.6 is 0 Å². The summed E-state index contributed by atoms with van der Waals surface area (Å²) in [6, 6.07) is 24.0. The molecule has 1 amide bonds. The van der Waals surface area contributed by atoms with E-state index in [9.17, 15) is 4.79 Å². The molecule has 0 unspecified atom stereocenters. The van der Waals surface area contributed by atoms with Gasteiger partial charge < -0.3 is 10.5 Å². The Hall–Kier alpha value is -3.07. The van der Waals surface area contributed by atoms with Gasteiger partial charge in [-0.2, -0.15) is 0 Å². The number of carbonyl (C=O) groups excluding carboxylic acids is 1. The molecule has 3 rings (SSSR count). The van der Waals surface area contributed by atoms with Crippen LogP contribution in [0.3, 0.4) is 0 Å². The molecule has 0 bridgehead atoms. The molecule has 0 fully saturated rings.